The lowest BCUT2D eigenvalue weighted by Crippen LogP contribution is -2.47. The summed E-state index contributed by atoms with van der Waals surface area (Å²) in [6.07, 6.45) is 4.59. The van der Waals surface area contributed by atoms with Crippen LogP contribution in [0.1, 0.15) is 33.1 Å². The Labute approximate surface area is 157 Å². The van der Waals surface area contributed by atoms with E-state index >= 15 is 0 Å². The molecular formula is C16H25BrN4O3S. The van der Waals surface area contributed by atoms with Gasteiger partial charge in [-0.05, 0) is 40.3 Å². The Hall–Kier alpha value is -1.19. The molecule has 3 atom stereocenters. The third-order valence-electron chi connectivity index (χ3n) is 4.96. The SMILES string of the molecule is CC1CCCC(NC(=O)CN(C)S(=O)(=O)c2cc(Br)cnc2N)C1C. The topological polar surface area (TPSA) is 105 Å². The average molecular weight is 433 g/mol. The van der Waals surface area contributed by atoms with Crippen molar-refractivity contribution in [2.24, 2.45) is 11.8 Å². The summed E-state index contributed by atoms with van der Waals surface area (Å²) in [6, 6.07) is 1.47. The Bertz CT molecular complexity index is 741. The second-order valence-electron chi connectivity index (χ2n) is 6.74. The highest BCUT2D eigenvalue weighted by Crippen LogP contribution is 2.29. The molecule has 3 N–H and O–H groups in total. The van der Waals surface area contributed by atoms with Crippen LogP contribution in [0.2, 0.25) is 0 Å². The normalized spacial score (nSPS) is 24.3. The fourth-order valence-corrected chi connectivity index (χ4v) is 4.83. The van der Waals surface area contributed by atoms with Crippen LogP contribution >= 0.6 is 15.9 Å². The molecule has 0 aromatic carbocycles. The van der Waals surface area contributed by atoms with E-state index < -0.39 is 10.0 Å². The van der Waals surface area contributed by atoms with Crippen molar-refractivity contribution in [3.8, 4) is 0 Å². The molecule has 25 heavy (non-hydrogen) atoms. The Balaban J connectivity index is 2.06. The van der Waals surface area contributed by atoms with Crippen molar-refractivity contribution in [2.45, 2.75) is 44.0 Å². The van der Waals surface area contributed by atoms with Gasteiger partial charge in [-0.1, -0.05) is 26.7 Å². The van der Waals surface area contributed by atoms with Crippen LogP contribution in [0.4, 0.5) is 5.82 Å². The first kappa shape index (κ1) is 20.1. The van der Waals surface area contributed by atoms with E-state index in [1.807, 2.05) is 0 Å². The summed E-state index contributed by atoms with van der Waals surface area (Å²) in [4.78, 5) is 16.1. The van der Waals surface area contributed by atoms with Crippen LogP contribution in [0.5, 0.6) is 0 Å². The first-order chi connectivity index (χ1) is 11.6. The number of sulfonamides is 1. The van der Waals surface area contributed by atoms with E-state index in [2.05, 4.69) is 40.1 Å². The van der Waals surface area contributed by atoms with Gasteiger partial charge in [-0.2, -0.15) is 4.31 Å². The third kappa shape index (κ3) is 4.71. The summed E-state index contributed by atoms with van der Waals surface area (Å²) < 4.78 is 26.8. The zero-order chi connectivity index (χ0) is 18.8. The molecule has 1 aliphatic carbocycles. The molecule has 140 valence electrons. The smallest absolute Gasteiger partial charge is 0.246 e. The molecule has 1 saturated carbocycles. The van der Waals surface area contributed by atoms with Crippen molar-refractivity contribution >= 4 is 37.7 Å². The predicted molar refractivity (Wildman–Crippen MR) is 100 cm³/mol. The highest BCUT2D eigenvalue weighted by molar-refractivity contribution is 9.10. The molecule has 7 nitrogen and oxygen atoms in total. The summed E-state index contributed by atoms with van der Waals surface area (Å²) in [5.74, 6) is 0.529. The van der Waals surface area contributed by atoms with Crippen molar-refractivity contribution in [1.82, 2.24) is 14.6 Å². The number of carbonyl (C=O) groups is 1. The largest absolute Gasteiger partial charge is 0.383 e. The van der Waals surface area contributed by atoms with Gasteiger partial charge in [0.1, 0.15) is 10.7 Å². The van der Waals surface area contributed by atoms with Gasteiger partial charge in [-0.3, -0.25) is 4.79 Å². The molecule has 1 fully saturated rings. The molecule has 1 aliphatic rings. The molecule has 3 unspecified atom stereocenters. The van der Waals surface area contributed by atoms with E-state index in [1.54, 1.807) is 0 Å². The minimum Gasteiger partial charge on any atom is -0.383 e. The standard InChI is InChI=1S/C16H25BrN4O3S/c1-10-5-4-6-13(11(10)2)20-15(22)9-21(3)25(23,24)14-7-12(17)8-19-16(14)18/h7-8,10-11,13H,4-6,9H2,1-3H3,(H2,18,19)(H,20,22). The highest BCUT2D eigenvalue weighted by atomic mass is 79.9. The second kappa shape index (κ2) is 8.01. The number of rotatable bonds is 5. The van der Waals surface area contributed by atoms with Crippen LogP contribution in [-0.2, 0) is 14.8 Å². The zero-order valence-corrected chi connectivity index (χ0v) is 17.1. The number of halogens is 1. The molecule has 0 saturated heterocycles. The van der Waals surface area contributed by atoms with Gasteiger partial charge in [0.2, 0.25) is 15.9 Å². The van der Waals surface area contributed by atoms with Crippen molar-refractivity contribution < 1.29 is 13.2 Å². The van der Waals surface area contributed by atoms with Crippen molar-refractivity contribution in [3.63, 3.8) is 0 Å². The minimum atomic E-state index is -3.90. The van der Waals surface area contributed by atoms with Crippen LogP contribution in [-0.4, -0.2) is 43.2 Å². The van der Waals surface area contributed by atoms with Crippen molar-refractivity contribution in [3.05, 3.63) is 16.7 Å². The van der Waals surface area contributed by atoms with Crippen molar-refractivity contribution in [2.75, 3.05) is 19.3 Å². The maximum Gasteiger partial charge on any atom is 0.246 e. The highest BCUT2D eigenvalue weighted by Gasteiger charge is 2.30. The number of nitrogens with two attached hydrogens (primary N) is 1. The number of nitrogens with one attached hydrogen (secondary N) is 1. The van der Waals surface area contributed by atoms with Gasteiger partial charge in [0, 0.05) is 23.8 Å². The molecular weight excluding hydrogens is 408 g/mol. The summed E-state index contributed by atoms with van der Waals surface area (Å²) in [6.45, 7) is 4.05. The Morgan fingerprint density at radius 1 is 1.44 bits per heavy atom. The van der Waals surface area contributed by atoms with Crippen LogP contribution in [0.3, 0.4) is 0 Å². The van der Waals surface area contributed by atoms with Crippen LogP contribution in [0, 0.1) is 11.8 Å². The molecule has 1 amide bonds. The first-order valence-electron chi connectivity index (χ1n) is 8.29. The Morgan fingerprint density at radius 3 is 2.80 bits per heavy atom. The van der Waals surface area contributed by atoms with Gasteiger partial charge in [0.05, 0.1) is 6.54 Å². The predicted octanol–water partition coefficient (Wildman–Crippen LogP) is 1.99. The third-order valence-corrected chi connectivity index (χ3v) is 7.22. The summed E-state index contributed by atoms with van der Waals surface area (Å²) in [5, 5.41) is 2.98. The monoisotopic (exact) mass is 432 g/mol. The Morgan fingerprint density at radius 2 is 2.12 bits per heavy atom. The average Bonchev–Trinajstić information content (AvgIpc) is 2.53. The van der Waals surface area contributed by atoms with Gasteiger partial charge in [-0.25, -0.2) is 13.4 Å². The van der Waals surface area contributed by atoms with Crippen LogP contribution in [0.15, 0.2) is 21.6 Å². The molecule has 9 heteroatoms. The van der Waals surface area contributed by atoms with Crippen molar-refractivity contribution in [1.29, 1.82) is 0 Å². The van der Waals surface area contributed by atoms with E-state index in [1.165, 1.54) is 19.3 Å². The quantitative estimate of drug-likeness (QED) is 0.739. The summed E-state index contributed by atoms with van der Waals surface area (Å²) in [5.41, 5.74) is 5.69. The number of pyridine rings is 1. The second-order valence-corrected chi connectivity index (χ2v) is 9.67. The Kier molecular flexibility index (Phi) is 6.45. The number of nitrogens with zero attached hydrogens (tertiary/aromatic N) is 2. The summed E-state index contributed by atoms with van der Waals surface area (Å²) in [7, 11) is -2.53. The minimum absolute atomic E-state index is 0.0879. The van der Waals surface area contributed by atoms with Gasteiger partial charge in [-0.15, -0.1) is 0 Å². The maximum absolute atomic E-state index is 12.7. The molecule has 2 rings (SSSR count). The van der Waals surface area contributed by atoms with Gasteiger partial charge < -0.3 is 11.1 Å². The number of anilines is 1. The fourth-order valence-electron chi connectivity index (χ4n) is 3.13. The zero-order valence-electron chi connectivity index (χ0n) is 14.7. The molecule has 0 aliphatic heterocycles. The number of aromatic nitrogens is 1. The first-order valence-corrected chi connectivity index (χ1v) is 10.5. The van der Waals surface area contributed by atoms with Gasteiger partial charge in [0.15, 0.2) is 0 Å². The molecule has 1 heterocycles. The van der Waals surface area contributed by atoms with Crippen LogP contribution in [0.25, 0.3) is 0 Å². The number of nitrogen functional groups attached to an aromatic ring is 1. The fraction of sp³-hybridized carbons (Fsp3) is 0.625. The lowest BCUT2D eigenvalue weighted by molar-refractivity contribution is -0.122. The molecule has 1 aromatic rings. The summed E-state index contributed by atoms with van der Waals surface area (Å²) >= 11 is 3.19. The van der Waals surface area contributed by atoms with E-state index in [9.17, 15) is 13.2 Å². The van der Waals surface area contributed by atoms with E-state index in [0.29, 0.717) is 16.3 Å². The van der Waals surface area contributed by atoms with Gasteiger partial charge in [0.25, 0.3) is 0 Å². The number of hydrogen-bond acceptors (Lipinski definition) is 5. The number of hydrogen-bond donors (Lipinski definition) is 2. The number of amides is 1. The van der Waals surface area contributed by atoms with E-state index in [4.69, 9.17) is 5.73 Å². The van der Waals surface area contributed by atoms with E-state index in [-0.39, 0.29) is 29.2 Å². The van der Waals surface area contributed by atoms with Crippen LogP contribution < -0.4 is 11.1 Å². The molecule has 0 radical (unpaired) electrons. The molecule has 1 aromatic heterocycles. The molecule has 0 spiro atoms. The lowest BCUT2D eigenvalue weighted by atomic mass is 9.78. The maximum atomic E-state index is 12.7. The van der Waals surface area contributed by atoms with Gasteiger partial charge >= 0.3 is 0 Å². The number of carbonyl (C=O) groups excluding carboxylic acids is 1. The lowest BCUT2D eigenvalue weighted by Gasteiger charge is -2.34. The van der Waals surface area contributed by atoms with E-state index in [0.717, 1.165) is 23.6 Å². The number of likely N-dealkylation sites (N-methyl/N-ethyl adjacent to an activating group) is 1. The molecule has 0 bridgehead atoms.